The van der Waals surface area contributed by atoms with Gasteiger partial charge in [-0.15, -0.1) is 0 Å². The summed E-state index contributed by atoms with van der Waals surface area (Å²) < 4.78 is 5.03. The van der Waals surface area contributed by atoms with Gasteiger partial charge in [0.2, 0.25) is 0 Å². The molecule has 0 saturated carbocycles. The highest BCUT2D eigenvalue weighted by molar-refractivity contribution is 6.06. The molecule has 0 radical (unpaired) electrons. The number of carbonyl (C=O) groups excluding carboxylic acids is 2. The minimum Gasteiger partial charge on any atom is -0.361 e. The molecule has 2 heterocycles. The highest BCUT2D eigenvalue weighted by atomic mass is 16.5. The van der Waals surface area contributed by atoms with Crippen molar-refractivity contribution in [3.05, 3.63) is 17.0 Å². The zero-order chi connectivity index (χ0) is 13.5. The van der Waals surface area contributed by atoms with Crippen molar-refractivity contribution in [2.75, 3.05) is 0 Å². The van der Waals surface area contributed by atoms with Crippen LogP contribution in [0.2, 0.25) is 0 Å². The van der Waals surface area contributed by atoms with Crippen molar-refractivity contribution < 1.29 is 14.1 Å². The van der Waals surface area contributed by atoms with E-state index in [1.54, 1.807) is 20.8 Å². The molecule has 1 aliphatic rings. The Bertz CT molecular complexity index is 489. The van der Waals surface area contributed by atoms with Crippen molar-refractivity contribution in [3.8, 4) is 0 Å². The van der Waals surface area contributed by atoms with E-state index >= 15 is 0 Å². The van der Waals surface area contributed by atoms with E-state index in [9.17, 15) is 9.59 Å². The Morgan fingerprint density at radius 2 is 2.06 bits per heavy atom. The SMILES string of the molecule is CC[C@@]1(C)NC(=O)N(Cc2c(C)noc2C)C1=O. The van der Waals surface area contributed by atoms with Crippen LogP contribution in [0.3, 0.4) is 0 Å². The van der Waals surface area contributed by atoms with Gasteiger partial charge in [-0.05, 0) is 27.2 Å². The van der Waals surface area contributed by atoms with Gasteiger partial charge < -0.3 is 9.84 Å². The van der Waals surface area contributed by atoms with Crippen molar-refractivity contribution in [1.82, 2.24) is 15.4 Å². The van der Waals surface area contributed by atoms with Gasteiger partial charge in [-0.3, -0.25) is 9.69 Å². The molecule has 0 aliphatic carbocycles. The average molecular weight is 251 g/mol. The Labute approximate surface area is 105 Å². The van der Waals surface area contributed by atoms with Crippen molar-refractivity contribution in [3.63, 3.8) is 0 Å². The molecule has 1 aliphatic heterocycles. The van der Waals surface area contributed by atoms with Gasteiger partial charge in [0.25, 0.3) is 5.91 Å². The van der Waals surface area contributed by atoms with Crippen molar-refractivity contribution >= 4 is 11.9 Å². The number of amides is 3. The number of hydrogen-bond acceptors (Lipinski definition) is 4. The first-order valence-electron chi connectivity index (χ1n) is 5.95. The maximum absolute atomic E-state index is 12.2. The molecule has 1 saturated heterocycles. The van der Waals surface area contributed by atoms with Crippen LogP contribution >= 0.6 is 0 Å². The summed E-state index contributed by atoms with van der Waals surface area (Å²) in [7, 11) is 0. The third-order valence-electron chi connectivity index (χ3n) is 3.55. The molecule has 1 N–H and O–H groups in total. The molecular formula is C12H17N3O3. The molecule has 0 unspecified atom stereocenters. The van der Waals surface area contributed by atoms with Crippen LogP contribution in [0.4, 0.5) is 4.79 Å². The number of nitrogens with one attached hydrogen (secondary N) is 1. The molecule has 3 amide bonds. The number of rotatable bonds is 3. The van der Waals surface area contributed by atoms with Gasteiger partial charge in [0.05, 0.1) is 12.2 Å². The Balaban J connectivity index is 2.26. The number of urea groups is 1. The number of aryl methyl sites for hydroxylation is 2. The van der Waals surface area contributed by atoms with Gasteiger partial charge in [0.15, 0.2) is 0 Å². The van der Waals surface area contributed by atoms with E-state index in [-0.39, 0.29) is 18.5 Å². The highest BCUT2D eigenvalue weighted by Crippen LogP contribution is 2.24. The smallest absolute Gasteiger partial charge is 0.325 e. The zero-order valence-corrected chi connectivity index (χ0v) is 11.0. The summed E-state index contributed by atoms with van der Waals surface area (Å²) in [4.78, 5) is 25.3. The van der Waals surface area contributed by atoms with Crippen LogP contribution < -0.4 is 5.32 Å². The summed E-state index contributed by atoms with van der Waals surface area (Å²) >= 11 is 0. The predicted molar refractivity (Wildman–Crippen MR) is 63.8 cm³/mol. The number of nitrogens with zero attached hydrogens (tertiary/aromatic N) is 2. The van der Waals surface area contributed by atoms with Crippen LogP contribution in [0.25, 0.3) is 0 Å². The second-order valence-corrected chi connectivity index (χ2v) is 4.81. The maximum atomic E-state index is 12.2. The predicted octanol–water partition coefficient (Wildman–Crippen LogP) is 1.51. The van der Waals surface area contributed by atoms with Gasteiger partial charge in [-0.25, -0.2) is 4.79 Å². The first kappa shape index (κ1) is 12.6. The first-order chi connectivity index (χ1) is 8.39. The molecule has 1 atom stereocenters. The third-order valence-corrected chi connectivity index (χ3v) is 3.55. The monoisotopic (exact) mass is 251 g/mol. The summed E-state index contributed by atoms with van der Waals surface area (Å²) in [5.74, 6) is 0.438. The molecule has 6 heteroatoms. The lowest BCUT2D eigenvalue weighted by Gasteiger charge is -2.19. The standard InChI is InChI=1S/C12H17N3O3/c1-5-12(4)10(16)15(11(17)13-12)6-9-7(2)14-18-8(9)3/h5-6H2,1-4H3,(H,13,17)/t12-/m1/s1. The molecule has 6 nitrogen and oxygen atoms in total. The van der Waals surface area contributed by atoms with E-state index in [0.717, 1.165) is 5.56 Å². The fourth-order valence-corrected chi connectivity index (χ4v) is 2.02. The molecule has 2 rings (SSSR count). The molecule has 18 heavy (non-hydrogen) atoms. The molecule has 1 fully saturated rings. The van der Waals surface area contributed by atoms with E-state index in [4.69, 9.17) is 4.52 Å². The Morgan fingerprint density at radius 3 is 2.50 bits per heavy atom. The topological polar surface area (TPSA) is 75.4 Å². The van der Waals surface area contributed by atoms with E-state index in [1.165, 1.54) is 4.90 Å². The molecule has 98 valence electrons. The first-order valence-corrected chi connectivity index (χ1v) is 5.95. The average Bonchev–Trinajstić information content (AvgIpc) is 2.75. The lowest BCUT2D eigenvalue weighted by atomic mass is 9.99. The summed E-state index contributed by atoms with van der Waals surface area (Å²) in [6.45, 7) is 7.38. The molecule has 0 spiro atoms. The van der Waals surface area contributed by atoms with Crippen molar-refractivity contribution in [2.24, 2.45) is 0 Å². The number of hydrogen-bond donors (Lipinski definition) is 1. The lowest BCUT2D eigenvalue weighted by molar-refractivity contribution is -0.131. The molecule has 0 aromatic carbocycles. The fourth-order valence-electron chi connectivity index (χ4n) is 2.02. The van der Waals surface area contributed by atoms with Crippen LogP contribution in [-0.2, 0) is 11.3 Å². The summed E-state index contributed by atoms with van der Waals surface area (Å²) in [5.41, 5.74) is 0.702. The van der Waals surface area contributed by atoms with Gasteiger partial charge in [-0.2, -0.15) is 0 Å². The minimum absolute atomic E-state index is 0.199. The van der Waals surface area contributed by atoms with E-state index in [1.807, 2.05) is 6.92 Å². The van der Waals surface area contributed by atoms with Crippen LogP contribution in [-0.4, -0.2) is 27.5 Å². The minimum atomic E-state index is -0.796. The van der Waals surface area contributed by atoms with Crippen LogP contribution in [0.15, 0.2) is 4.52 Å². The van der Waals surface area contributed by atoms with Crippen molar-refractivity contribution in [2.45, 2.75) is 46.2 Å². The number of carbonyl (C=O) groups is 2. The largest absolute Gasteiger partial charge is 0.361 e. The van der Waals surface area contributed by atoms with Crippen LogP contribution in [0.1, 0.15) is 37.3 Å². The summed E-state index contributed by atoms with van der Waals surface area (Å²) in [5, 5.41) is 6.54. The summed E-state index contributed by atoms with van der Waals surface area (Å²) in [6, 6.07) is -0.357. The van der Waals surface area contributed by atoms with E-state index in [0.29, 0.717) is 17.9 Å². The highest BCUT2D eigenvalue weighted by Gasteiger charge is 2.46. The van der Waals surface area contributed by atoms with Gasteiger partial charge in [-0.1, -0.05) is 12.1 Å². The van der Waals surface area contributed by atoms with E-state index < -0.39 is 5.54 Å². The second kappa shape index (κ2) is 4.12. The van der Waals surface area contributed by atoms with Gasteiger partial charge in [0, 0.05) is 5.56 Å². The lowest BCUT2D eigenvalue weighted by Crippen LogP contribution is -2.43. The molecule has 1 aromatic heterocycles. The maximum Gasteiger partial charge on any atom is 0.325 e. The van der Waals surface area contributed by atoms with Crippen molar-refractivity contribution in [1.29, 1.82) is 0 Å². The Hall–Kier alpha value is -1.85. The zero-order valence-electron chi connectivity index (χ0n) is 11.0. The molecule has 1 aromatic rings. The van der Waals surface area contributed by atoms with Crippen LogP contribution in [0.5, 0.6) is 0 Å². The van der Waals surface area contributed by atoms with Crippen LogP contribution in [0, 0.1) is 13.8 Å². The summed E-state index contributed by atoms with van der Waals surface area (Å²) in [6.07, 6.45) is 0.565. The third kappa shape index (κ3) is 1.77. The van der Waals surface area contributed by atoms with E-state index in [2.05, 4.69) is 10.5 Å². The fraction of sp³-hybridized carbons (Fsp3) is 0.583. The normalized spacial score (nSPS) is 23.7. The van der Waals surface area contributed by atoms with Gasteiger partial charge in [0.1, 0.15) is 11.3 Å². The second-order valence-electron chi connectivity index (χ2n) is 4.81. The molecule has 0 bridgehead atoms. The Kier molecular flexibility index (Phi) is 2.88. The number of aromatic nitrogens is 1. The quantitative estimate of drug-likeness (QED) is 0.826. The number of imide groups is 1. The van der Waals surface area contributed by atoms with Gasteiger partial charge >= 0.3 is 6.03 Å². The molecular weight excluding hydrogens is 234 g/mol. The Morgan fingerprint density at radius 1 is 1.39 bits per heavy atom.